The maximum absolute atomic E-state index is 8.91. The van der Waals surface area contributed by atoms with Gasteiger partial charge in [0.1, 0.15) is 0 Å². The van der Waals surface area contributed by atoms with Crippen LogP contribution in [0.5, 0.6) is 0 Å². The molecule has 0 aromatic rings. The van der Waals surface area contributed by atoms with Gasteiger partial charge in [0.25, 0.3) is 0 Å². The Hall–Kier alpha value is -0.120. The molecule has 0 spiro atoms. The van der Waals surface area contributed by atoms with Gasteiger partial charge in [0, 0.05) is 25.2 Å². The Kier molecular flexibility index (Phi) is 8.14. The number of hydrogen-bond acceptors (Lipinski definition) is 3. The second-order valence-electron chi connectivity index (χ2n) is 3.96. The minimum atomic E-state index is 0.270. The Morgan fingerprint density at radius 2 is 2.00 bits per heavy atom. The van der Waals surface area contributed by atoms with E-state index in [2.05, 4.69) is 38.0 Å². The van der Waals surface area contributed by atoms with Crippen molar-refractivity contribution in [3.63, 3.8) is 0 Å². The summed E-state index contributed by atoms with van der Waals surface area (Å²) in [6, 6.07) is 1.04. The van der Waals surface area contributed by atoms with Crippen molar-refractivity contribution in [3.05, 3.63) is 0 Å². The first-order valence-electron chi connectivity index (χ1n) is 5.70. The van der Waals surface area contributed by atoms with Crippen LogP contribution in [-0.4, -0.2) is 48.8 Å². The normalized spacial score (nSPS) is 15.9. The zero-order valence-electron chi connectivity index (χ0n) is 10.1. The van der Waals surface area contributed by atoms with Gasteiger partial charge >= 0.3 is 0 Å². The summed E-state index contributed by atoms with van der Waals surface area (Å²) < 4.78 is 0. The van der Waals surface area contributed by atoms with Crippen LogP contribution >= 0.6 is 0 Å². The molecule has 3 nitrogen and oxygen atoms in total. The molecule has 0 heterocycles. The molecule has 0 amide bonds. The highest BCUT2D eigenvalue weighted by atomic mass is 16.3. The van der Waals surface area contributed by atoms with Gasteiger partial charge in [-0.1, -0.05) is 13.8 Å². The van der Waals surface area contributed by atoms with Crippen LogP contribution in [0.4, 0.5) is 0 Å². The van der Waals surface area contributed by atoms with Crippen molar-refractivity contribution >= 4 is 0 Å². The van der Waals surface area contributed by atoms with Crippen LogP contribution in [0.3, 0.4) is 0 Å². The summed E-state index contributed by atoms with van der Waals surface area (Å²) in [7, 11) is 2.15. The van der Waals surface area contributed by atoms with E-state index < -0.39 is 0 Å². The molecule has 0 saturated carbocycles. The van der Waals surface area contributed by atoms with Crippen molar-refractivity contribution in [3.8, 4) is 0 Å². The van der Waals surface area contributed by atoms with Crippen LogP contribution < -0.4 is 5.32 Å². The molecule has 0 aromatic heterocycles. The molecule has 0 fully saturated rings. The van der Waals surface area contributed by atoms with Crippen molar-refractivity contribution < 1.29 is 5.11 Å². The van der Waals surface area contributed by atoms with E-state index in [9.17, 15) is 0 Å². The number of hydrogen-bond donors (Lipinski definition) is 2. The van der Waals surface area contributed by atoms with Gasteiger partial charge in [0.15, 0.2) is 0 Å². The Balaban J connectivity index is 3.87. The lowest BCUT2D eigenvalue weighted by molar-refractivity contribution is 0.198. The summed E-state index contributed by atoms with van der Waals surface area (Å²) in [4.78, 5) is 2.35. The predicted molar refractivity (Wildman–Crippen MR) is 61.6 cm³/mol. The zero-order chi connectivity index (χ0) is 11.0. The second kappa shape index (κ2) is 8.21. The SMILES string of the molecule is CCNC(CCO)CN(C)C(C)CC. The van der Waals surface area contributed by atoms with Gasteiger partial charge in [-0.15, -0.1) is 0 Å². The van der Waals surface area contributed by atoms with Crippen LogP contribution in [0.1, 0.15) is 33.6 Å². The van der Waals surface area contributed by atoms with E-state index in [0.717, 1.165) is 19.5 Å². The molecule has 0 saturated heterocycles. The third-order valence-corrected chi connectivity index (χ3v) is 2.82. The van der Waals surface area contributed by atoms with Crippen LogP contribution in [-0.2, 0) is 0 Å². The van der Waals surface area contributed by atoms with Crippen molar-refractivity contribution in [2.75, 3.05) is 26.7 Å². The van der Waals surface area contributed by atoms with E-state index in [1.165, 1.54) is 6.42 Å². The third-order valence-electron chi connectivity index (χ3n) is 2.82. The maximum atomic E-state index is 8.91. The zero-order valence-corrected chi connectivity index (χ0v) is 10.1. The minimum absolute atomic E-state index is 0.270. The highest BCUT2D eigenvalue weighted by molar-refractivity contribution is 4.72. The molecule has 0 rings (SSSR count). The predicted octanol–water partition coefficient (Wildman–Crippen LogP) is 1.08. The Labute approximate surface area is 88.5 Å². The quantitative estimate of drug-likeness (QED) is 0.618. The van der Waals surface area contributed by atoms with Crippen molar-refractivity contribution in [1.29, 1.82) is 0 Å². The molecule has 2 atom stereocenters. The largest absolute Gasteiger partial charge is 0.396 e. The number of aliphatic hydroxyl groups excluding tert-OH is 1. The van der Waals surface area contributed by atoms with E-state index in [0.29, 0.717) is 12.1 Å². The molecule has 0 aromatic carbocycles. The van der Waals surface area contributed by atoms with Crippen LogP contribution in [0.25, 0.3) is 0 Å². The van der Waals surface area contributed by atoms with Crippen molar-refractivity contribution in [2.24, 2.45) is 0 Å². The molecule has 0 radical (unpaired) electrons. The van der Waals surface area contributed by atoms with Gasteiger partial charge in [0.2, 0.25) is 0 Å². The molecule has 0 aliphatic heterocycles. The van der Waals surface area contributed by atoms with Crippen LogP contribution in [0, 0.1) is 0 Å². The van der Waals surface area contributed by atoms with Gasteiger partial charge in [-0.05, 0) is 33.4 Å². The highest BCUT2D eigenvalue weighted by Gasteiger charge is 2.13. The molecular formula is C11H26N2O. The highest BCUT2D eigenvalue weighted by Crippen LogP contribution is 2.03. The molecule has 0 aliphatic rings. The lowest BCUT2D eigenvalue weighted by atomic mass is 10.1. The third kappa shape index (κ3) is 5.58. The first-order valence-corrected chi connectivity index (χ1v) is 5.70. The van der Waals surface area contributed by atoms with Crippen LogP contribution in [0.15, 0.2) is 0 Å². The summed E-state index contributed by atoms with van der Waals surface area (Å²) in [5.41, 5.74) is 0. The fraction of sp³-hybridized carbons (Fsp3) is 1.00. The standard InChI is InChI=1S/C11H26N2O/c1-5-10(3)13(4)9-11(7-8-14)12-6-2/h10-12,14H,5-9H2,1-4H3. The molecule has 3 heteroatoms. The lowest BCUT2D eigenvalue weighted by Gasteiger charge is -2.28. The van der Waals surface area contributed by atoms with E-state index in [1.54, 1.807) is 0 Å². The van der Waals surface area contributed by atoms with Gasteiger partial charge < -0.3 is 15.3 Å². The number of likely N-dealkylation sites (N-methyl/N-ethyl adjacent to an activating group) is 2. The average Bonchev–Trinajstić information content (AvgIpc) is 2.17. The van der Waals surface area contributed by atoms with Gasteiger partial charge in [0.05, 0.1) is 0 Å². The number of nitrogens with zero attached hydrogens (tertiary/aromatic N) is 1. The molecule has 86 valence electrons. The number of rotatable bonds is 8. The monoisotopic (exact) mass is 202 g/mol. The molecule has 2 N–H and O–H groups in total. The summed E-state index contributed by atoms with van der Waals surface area (Å²) in [6.45, 7) is 8.81. The molecule has 0 bridgehead atoms. The van der Waals surface area contributed by atoms with E-state index in [4.69, 9.17) is 5.11 Å². The first kappa shape index (κ1) is 13.9. The molecule has 2 unspecified atom stereocenters. The van der Waals surface area contributed by atoms with Gasteiger partial charge in [-0.25, -0.2) is 0 Å². The first-order chi connectivity index (χ1) is 6.65. The van der Waals surface area contributed by atoms with E-state index in [1.807, 2.05) is 0 Å². The molecule has 0 aliphatic carbocycles. The molecular weight excluding hydrogens is 176 g/mol. The van der Waals surface area contributed by atoms with E-state index in [-0.39, 0.29) is 6.61 Å². The fourth-order valence-electron chi connectivity index (χ4n) is 1.54. The summed E-state index contributed by atoms with van der Waals surface area (Å²) >= 11 is 0. The topological polar surface area (TPSA) is 35.5 Å². The van der Waals surface area contributed by atoms with Gasteiger partial charge in [-0.2, -0.15) is 0 Å². The second-order valence-corrected chi connectivity index (χ2v) is 3.96. The average molecular weight is 202 g/mol. The fourth-order valence-corrected chi connectivity index (χ4v) is 1.54. The maximum Gasteiger partial charge on any atom is 0.0446 e. The molecule has 14 heavy (non-hydrogen) atoms. The number of aliphatic hydroxyl groups is 1. The Morgan fingerprint density at radius 3 is 2.43 bits per heavy atom. The van der Waals surface area contributed by atoms with Crippen molar-refractivity contribution in [2.45, 2.75) is 45.7 Å². The Bertz CT molecular complexity index is 124. The Morgan fingerprint density at radius 1 is 1.36 bits per heavy atom. The smallest absolute Gasteiger partial charge is 0.0446 e. The number of nitrogens with one attached hydrogen (secondary N) is 1. The summed E-state index contributed by atoms with van der Waals surface area (Å²) in [5, 5.41) is 12.3. The van der Waals surface area contributed by atoms with Crippen LogP contribution in [0.2, 0.25) is 0 Å². The van der Waals surface area contributed by atoms with E-state index >= 15 is 0 Å². The lowest BCUT2D eigenvalue weighted by Crippen LogP contribution is -2.43. The summed E-state index contributed by atoms with van der Waals surface area (Å²) in [6.07, 6.45) is 2.02. The summed E-state index contributed by atoms with van der Waals surface area (Å²) in [5.74, 6) is 0. The van der Waals surface area contributed by atoms with Gasteiger partial charge in [-0.3, -0.25) is 0 Å². The van der Waals surface area contributed by atoms with Crippen molar-refractivity contribution in [1.82, 2.24) is 10.2 Å². The minimum Gasteiger partial charge on any atom is -0.396 e.